The van der Waals surface area contributed by atoms with E-state index in [0.29, 0.717) is 6.61 Å². The molecule has 2 aromatic carbocycles. The summed E-state index contributed by atoms with van der Waals surface area (Å²) in [7, 11) is 0. The maximum absolute atomic E-state index is 11.3. The van der Waals surface area contributed by atoms with Crippen molar-refractivity contribution >= 4 is 22.3 Å². The molecule has 0 aliphatic heterocycles. The second-order valence-corrected chi connectivity index (χ2v) is 5.41. The molecule has 0 spiro atoms. The van der Waals surface area contributed by atoms with Gasteiger partial charge in [0.25, 0.3) is 0 Å². The van der Waals surface area contributed by atoms with Crippen molar-refractivity contribution in [2.45, 2.75) is 20.8 Å². The third-order valence-electron chi connectivity index (χ3n) is 3.54. The van der Waals surface area contributed by atoms with Gasteiger partial charge in [-0.15, -0.1) is 0 Å². The van der Waals surface area contributed by atoms with E-state index in [-0.39, 0.29) is 5.97 Å². The van der Waals surface area contributed by atoms with Crippen molar-refractivity contribution in [1.29, 1.82) is 0 Å². The molecule has 0 saturated carbocycles. The van der Waals surface area contributed by atoms with E-state index >= 15 is 0 Å². The molecule has 0 atom stereocenters. The fraction of sp³-hybridized carbons (Fsp3) is 0.190. The van der Waals surface area contributed by atoms with E-state index in [1.165, 1.54) is 28.0 Å². The summed E-state index contributed by atoms with van der Waals surface area (Å²) in [5.74, 6) is -0.301. The summed E-state index contributed by atoms with van der Waals surface area (Å²) in [5, 5.41) is 2.48. The van der Waals surface area contributed by atoms with Crippen molar-refractivity contribution in [3.8, 4) is 0 Å². The van der Waals surface area contributed by atoms with Crippen LogP contribution in [-0.4, -0.2) is 12.6 Å². The smallest absolute Gasteiger partial charge is 0.330 e. The van der Waals surface area contributed by atoms with Crippen molar-refractivity contribution in [3.63, 3.8) is 0 Å². The van der Waals surface area contributed by atoms with Crippen molar-refractivity contribution in [2.75, 3.05) is 6.61 Å². The first-order chi connectivity index (χ1) is 11.1. The van der Waals surface area contributed by atoms with E-state index in [2.05, 4.69) is 43.3 Å². The highest BCUT2D eigenvalue weighted by atomic mass is 16.5. The Labute approximate surface area is 137 Å². The second-order valence-electron chi connectivity index (χ2n) is 5.41. The second kappa shape index (κ2) is 8.14. The Morgan fingerprint density at radius 1 is 1.09 bits per heavy atom. The highest BCUT2D eigenvalue weighted by Crippen LogP contribution is 2.21. The van der Waals surface area contributed by atoms with Gasteiger partial charge in [-0.3, -0.25) is 0 Å². The number of rotatable bonds is 5. The molecule has 2 heteroatoms. The first-order valence-corrected chi connectivity index (χ1v) is 7.79. The van der Waals surface area contributed by atoms with Gasteiger partial charge in [0, 0.05) is 6.08 Å². The molecule has 0 bridgehead atoms. The summed E-state index contributed by atoms with van der Waals surface area (Å²) in [5.41, 5.74) is 3.24. The van der Waals surface area contributed by atoms with Gasteiger partial charge in [-0.25, -0.2) is 4.79 Å². The predicted molar refractivity (Wildman–Crippen MR) is 97.1 cm³/mol. The van der Waals surface area contributed by atoms with Crippen LogP contribution in [0.15, 0.2) is 72.3 Å². The van der Waals surface area contributed by atoms with E-state index in [9.17, 15) is 4.79 Å². The van der Waals surface area contributed by atoms with Crippen LogP contribution in [0.5, 0.6) is 0 Å². The highest BCUT2D eigenvalue weighted by molar-refractivity contribution is 5.86. The Morgan fingerprint density at radius 2 is 1.83 bits per heavy atom. The summed E-state index contributed by atoms with van der Waals surface area (Å²) in [4.78, 5) is 11.3. The number of fused-ring (bicyclic) bond motifs is 1. The molecule has 23 heavy (non-hydrogen) atoms. The Hall–Kier alpha value is -2.61. The minimum atomic E-state index is -0.301. The summed E-state index contributed by atoms with van der Waals surface area (Å²) < 4.78 is 4.89. The van der Waals surface area contributed by atoms with E-state index in [4.69, 9.17) is 4.74 Å². The molecule has 0 aromatic heterocycles. The zero-order chi connectivity index (χ0) is 16.7. The van der Waals surface area contributed by atoms with Crippen molar-refractivity contribution < 1.29 is 9.53 Å². The third kappa shape index (κ3) is 4.96. The minimum absolute atomic E-state index is 0.301. The molecule has 2 aromatic rings. The molecule has 0 aliphatic carbocycles. The fourth-order valence-corrected chi connectivity index (χ4v) is 2.29. The standard InChI is InChI=1S/C21H22O2/c1-4-23-21(22)14-16(2)8-7-9-17(3)19-13-12-18-10-5-6-11-20(18)15-19/h5-15H,4H2,1-3H3/b8-7+,16-14+,17-9+. The lowest BCUT2D eigenvalue weighted by Crippen LogP contribution is -1.99. The third-order valence-corrected chi connectivity index (χ3v) is 3.54. The topological polar surface area (TPSA) is 26.3 Å². The zero-order valence-corrected chi connectivity index (χ0v) is 13.9. The van der Waals surface area contributed by atoms with E-state index < -0.39 is 0 Å². The number of carbonyl (C=O) groups excluding carboxylic acids is 1. The normalized spacial score (nSPS) is 12.8. The highest BCUT2D eigenvalue weighted by Gasteiger charge is 1.98. The van der Waals surface area contributed by atoms with Crippen LogP contribution in [0.3, 0.4) is 0 Å². The monoisotopic (exact) mass is 306 g/mol. The molecule has 2 nitrogen and oxygen atoms in total. The molecule has 0 aliphatic rings. The van der Waals surface area contributed by atoms with Crippen LogP contribution in [-0.2, 0) is 9.53 Å². The maximum atomic E-state index is 11.3. The lowest BCUT2D eigenvalue weighted by molar-refractivity contribution is -0.137. The Balaban J connectivity index is 2.12. The fourth-order valence-electron chi connectivity index (χ4n) is 2.29. The lowest BCUT2D eigenvalue weighted by atomic mass is 10.0. The van der Waals surface area contributed by atoms with Gasteiger partial charge >= 0.3 is 5.97 Å². The summed E-state index contributed by atoms with van der Waals surface area (Å²) >= 11 is 0. The molecule has 0 saturated heterocycles. The van der Waals surface area contributed by atoms with E-state index in [1.54, 1.807) is 6.92 Å². The van der Waals surface area contributed by atoms with Gasteiger partial charge in [0.2, 0.25) is 0 Å². The number of hydrogen-bond acceptors (Lipinski definition) is 2. The van der Waals surface area contributed by atoms with Crippen LogP contribution < -0.4 is 0 Å². The van der Waals surface area contributed by atoms with Gasteiger partial charge in [-0.2, -0.15) is 0 Å². The van der Waals surface area contributed by atoms with Crippen LogP contribution in [0.1, 0.15) is 26.3 Å². The molecular formula is C21H22O2. The Kier molecular flexibility index (Phi) is 5.93. The van der Waals surface area contributed by atoms with Crippen LogP contribution >= 0.6 is 0 Å². The van der Waals surface area contributed by atoms with Crippen molar-refractivity contribution in [1.82, 2.24) is 0 Å². The molecule has 0 amide bonds. The van der Waals surface area contributed by atoms with Crippen LogP contribution in [0.25, 0.3) is 16.3 Å². The zero-order valence-electron chi connectivity index (χ0n) is 13.9. The first kappa shape index (κ1) is 16.8. The van der Waals surface area contributed by atoms with Gasteiger partial charge < -0.3 is 4.74 Å². The quantitative estimate of drug-likeness (QED) is 0.425. The number of esters is 1. The number of allylic oxidation sites excluding steroid dienone is 5. The summed E-state index contributed by atoms with van der Waals surface area (Å²) in [6.07, 6.45) is 7.41. The van der Waals surface area contributed by atoms with Gasteiger partial charge in [0.1, 0.15) is 0 Å². The Morgan fingerprint density at radius 3 is 2.57 bits per heavy atom. The Bertz CT molecular complexity index is 779. The minimum Gasteiger partial charge on any atom is -0.463 e. The summed E-state index contributed by atoms with van der Waals surface area (Å²) in [6, 6.07) is 14.8. The maximum Gasteiger partial charge on any atom is 0.330 e. The van der Waals surface area contributed by atoms with Gasteiger partial charge in [0.05, 0.1) is 6.61 Å². The number of carbonyl (C=O) groups is 1. The number of hydrogen-bond donors (Lipinski definition) is 0. The predicted octanol–water partition coefficient (Wildman–Crippen LogP) is 5.31. The molecule has 0 unspecified atom stereocenters. The molecule has 0 heterocycles. The summed E-state index contributed by atoms with van der Waals surface area (Å²) in [6.45, 7) is 6.16. The van der Waals surface area contributed by atoms with Gasteiger partial charge in [-0.1, -0.05) is 54.6 Å². The van der Waals surface area contributed by atoms with Crippen molar-refractivity contribution in [3.05, 3.63) is 77.9 Å². The van der Waals surface area contributed by atoms with Crippen LogP contribution in [0.4, 0.5) is 0 Å². The molecule has 118 valence electrons. The van der Waals surface area contributed by atoms with Gasteiger partial charge in [0.15, 0.2) is 0 Å². The molecule has 0 N–H and O–H groups in total. The van der Waals surface area contributed by atoms with Gasteiger partial charge in [-0.05, 0) is 54.3 Å². The van der Waals surface area contributed by atoms with Crippen LogP contribution in [0, 0.1) is 0 Å². The molecule has 0 fully saturated rings. The number of ether oxygens (including phenoxy) is 1. The SMILES string of the molecule is CCOC(=O)/C=C(C)/C=C/C=C(\C)c1ccc2ccccc2c1. The van der Waals surface area contributed by atoms with E-state index in [0.717, 1.165) is 5.57 Å². The van der Waals surface area contributed by atoms with E-state index in [1.807, 2.05) is 31.2 Å². The largest absolute Gasteiger partial charge is 0.463 e. The molecule has 2 rings (SSSR count). The van der Waals surface area contributed by atoms with Crippen LogP contribution in [0.2, 0.25) is 0 Å². The first-order valence-electron chi connectivity index (χ1n) is 7.79. The average Bonchev–Trinajstić information content (AvgIpc) is 2.54. The molecule has 0 radical (unpaired) electrons. The van der Waals surface area contributed by atoms with Crippen molar-refractivity contribution in [2.24, 2.45) is 0 Å². The number of benzene rings is 2. The molecular weight excluding hydrogens is 284 g/mol. The average molecular weight is 306 g/mol. The lowest BCUT2D eigenvalue weighted by Gasteiger charge is -2.03.